The molecule has 3 rings (SSSR count). The van der Waals surface area contributed by atoms with Crippen molar-refractivity contribution in [2.24, 2.45) is 0 Å². The predicted molar refractivity (Wildman–Crippen MR) is 86.7 cm³/mol. The molecule has 3 aromatic rings. The maximum Gasteiger partial charge on any atom is 0.370 e. The van der Waals surface area contributed by atoms with Gasteiger partial charge in [-0.15, -0.1) is 0 Å². The Morgan fingerprint density at radius 2 is 1.48 bits per heavy atom. The molecule has 128 valence electrons. The Bertz CT molecular complexity index is 947. The summed E-state index contributed by atoms with van der Waals surface area (Å²) in [6.07, 6.45) is 0. The zero-order valence-corrected chi connectivity index (χ0v) is 13.6. The van der Waals surface area contributed by atoms with E-state index in [1.807, 2.05) is 0 Å². The van der Waals surface area contributed by atoms with E-state index in [0.29, 0.717) is 33.3 Å². The summed E-state index contributed by atoms with van der Waals surface area (Å²) in [4.78, 5) is 23.2. The normalized spacial score (nSPS) is 10.8. The number of rotatable bonds is 5. The SMILES string of the molecule is COc1ccc2c(c1)c(C(=O)[O-])c1cc(OC)ccc1[n+]2CC(=O)O. The first-order valence-corrected chi connectivity index (χ1v) is 7.40. The van der Waals surface area contributed by atoms with Crippen molar-refractivity contribution in [2.75, 3.05) is 14.2 Å². The monoisotopic (exact) mass is 341 g/mol. The largest absolute Gasteiger partial charge is 0.545 e. The van der Waals surface area contributed by atoms with E-state index < -0.39 is 11.9 Å². The van der Waals surface area contributed by atoms with E-state index >= 15 is 0 Å². The number of pyridine rings is 1. The average Bonchev–Trinajstić information content (AvgIpc) is 2.59. The van der Waals surface area contributed by atoms with Gasteiger partial charge >= 0.3 is 5.97 Å². The third kappa shape index (κ3) is 2.80. The first kappa shape index (κ1) is 16.5. The number of carboxylic acid groups (broad SMARTS) is 2. The van der Waals surface area contributed by atoms with E-state index in [2.05, 4.69) is 0 Å². The van der Waals surface area contributed by atoms with E-state index in [4.69, 9.17) is 9.47 Å². The third-order valence-corrected chi connectivity index (χ3v) is 4.03. The van der Waals surface area contributed by atoms with Gasteiger partial charge in [0.2, 0.25) is 17.6 Å². The zero-order valence-electron chi connectivity index (χ0n) is 13.6. The number of aliphatic carboxylic acids is 1. The molecule has 0 amide bonds. The molecule has 2 aromatic carbocycles. The molecule has 0 aliphatic heterocycles. The molecule has 25 heavy (non-hydrogen) atoms. The Morgan fingerprint density at radius 3 is 1.84 bits per heavy atom. The second kappa shape index (κ2) is 6.27. The maximum atomic E-state index is 11.8. The molecule has 0 fully saturated rings. The summed E-state index contributed by atoms with van der Waals surface area (Å²) in [5, 5.41) is 21.8. The van der Waals surface area contributed by atoms with E-state index in [1.54, 1.807) is 41.0 Å². The molecule has 7 nitrogen and oxygen atoms in total. The van der Waals surface area contributed by atoms with Gasteiger partial charge in [0.15, 0.2) is 0 Å². The predicted octanol–water partition coefficient (Wildman–Crippen LogP) is 0.746. The number of carbonyl (C=O) groups is 2. The molecule has 1 N–H and O–H groups in total. The standard InChI is InChI=1S/C18H15NO6/c1-24-10-3-5-14-12(7-10)17(18(22)23)13-8-11(25-2)4-6-15(13)19(14)9-16(20)21/h3-8H,9H2,1-2H3,(H-,20,21,22,23). The first-order chi connectivity index (χ1) is 12.0. The van der Waals surface area contributed by atoms with E-state index in [9.17, 15) is 19.8 Å². The van der Waals surface area contributed by atoms with Gasteiger partial charge < -0.3 is 24.5 Å². The molecule has 0 unspecified atom stereocenters. The van der Waals surface area contributed by atoms with Gasteiger partial charge in [-0.05, 0) is 24.3 Å². The van der Waals surface area contributed by atoms with Gasteiger partial charge in [-0.1, -0.05) is 0 Å². The number of nitrogens with zero attached hydrogens (tertiary/aromatic N) is 1. The fourth-order valence-electron chi connectivity index (χ4n) is 2.96. The van der Waals surface area contributed by atoms with E-state index in [0.717, 1.165) is 0 Å². The highest BCUT2D eigenvalue weighted by atomic mass is 16.5. The van der Waals surface area contributed by atoms with Gasteiger partial charge in [-0.2, -0.15) is 4.57 Å². The topological polar surface area (TPSA) is 99.8 Å². The lowest BCUT2D eigenvalue weighted by molar-refractivity contribution is -0.633. The zero-order chi connectivity index (χ0) is 18.1. The van der Waals surface area contributed by atoms with Gasteiger partial charge in [0.05, 0.1) is 31.0 Å². The van der Waals surface area contributed by atoms with Crippen molar-refractivity contribution in [2.45, 2.75) is 6.54 Å². The van der Waals surface area contributed by atoms with Crippen molar-refractivity contribution in [3.63, 3.8) is 0 Å². The molecular weight excluding hydrogens is 326 g/mol. The Kier molecular flexibility index (Phi) is 4.14. The van der Waals surface area contributed by atoms with Crippen molar-refractivity contribution in [1.29, 1.82) is 0 Å². The number of benzene rings is 2. The highest BCUT2D eigenvalue weighted by molar-refractivity contribution is 6.12. The third-order valence-electron chi connectivity index (χ3n) is 4.03. The van der Waals surface area contributed by atoms with E-state index in [-0.39, 0.29) is 12.1 Å². The highest BCUT2D eigenvalue weighted by Gasteiger charge is 2.24. The molecule has 1 aromatic heterocycles. The molecule has 1 heterocycles. The summed E-state index contributed by atoms with van der Waals surface area (Å²) >= 11 is 0. The molecule has 0 atom stereocenters. The van der Waals surface area contributed by atoms with E-state index in [1.165, 1.54) is 14.2 Å². The van der Waals surface area contributed by atoms with Gasteiger partial charge in [0.1, 0.15) is 11.5 Å². The molecule has 0 spiro atoms. The van der Waals surface area contributed by atoms with Crippen LogP contribution in [0.1, 0.15) is 10.4 Å². The second-order valence-corrected chi connectivity index (χ2v) is 5.41. The molecule has 0 aliphatic rings. The van der Waals surface area contributed by atoms with Crippen molar-refractivity contribution in [3.05, 3.63) is 42.0 Å². The van der Waals surface area contributed by atoms with Crippen LogP contribution in [0.15, 0.2) is 36.4 Å². The number of aromatic nitrogens is 1. The van der Waals surface area contributed by atoms with Crippen LogP contribution < -0.4 is 19.1 Å². The molecule has 0 saturated heterocycles. The molecule has 0 bridgehead atoms. The van der Waals surface area contributed by atoms with Crippen LogP contribution in [0.4, 0.5) is 0 Å². The summed E-state index contributed by atoms with van der Waals surface area (Å²) in [5.74, 6) is -1.49. The van der Waals surface area contributed by atoms with Crippen LogP contribution in [-0.4, -0.2) is 31.3 Å². The van der Waals surface area contributed by atoms with Crippen LogP contribution >= 0.6 is 0 Å². The minimum absolute atomic E-state index is 0.0376. The second-order valence-electron chi connectivity index (χ2n) is 5.41. The van der Waals surface area contributed by atoms with Crippen LogP contribution in [0.2, 0.25) is 0 Å². The molecule has 0 saturated carbocycles. The number of carbonyl (C=O) groups excluding carboxylic acids is 1. The number of aromatic carboxylic acids is 1. The Hall–Kier alpha value is -3.35. The van der Waals surface area contributed by atoms with Gasteiger partial charge in [0, 0.05) is 17.7 Å². The van der Waals surface area contributed by atoms with Gasteiger partial charge in [-0.3, -0.25) is 0 Å². The van der Waals surface area contributed by atoms with Gasteiger partial charge in [-0.25, -0.2) is 4.79 Å². The molecule has 0 radical (unpaired) electrons. The van der Waals surface area contributed by atoms with Crippen LogP contribution in [0.25, 0.3) is 21.8 Å². The minimum atomic E-state index is -1.36. The Labute approximate surface area is 142 Å². The first-order valence-electron chi connectivity index (χ1n) is 7.40. The van der Waals surface area contributed by atoms with Crippen molar-refractivity contribution in [3.8, 4) is 11.5 Å². The minimum Gasteiger partial charge on any atom is -0.545 e. The van der Waals surface area contributed by atoms with Crippen molar-refractivity contribution in [1.82, 2.24) is 0 Å². The number of methoxy groups -OCH3 is 2. The lowest BCUT2D eigenvalue weighted by Gasteiger charge is -2.13. The quantitative estimate of drug-likeness (QED) is 0.543. The summed E-state index contributed by atoms with van der Waals surface area (Å²) in [5.41, 5.74) is 0.879. The molecular formula is C18H15NO6. The fraction of sp³-hybridized carbons (Fsp3) is 0.167. The van der Waals surface area contributed by atoms with Crippen molar-refractivity contribution < 1.29 is 33.8 Å². The Balaban J connectivity index is 2.55. The number of ether oxygens (including phenoxy) is 2. The van der Waals surface area contributed by atoms with Crippen LogP contribution in [0, 0.1) is 0 Å². The summed E-state index contributed by atoms with van der Waals surface area (Å²) in [6, 6.07) is 9.67. The van der Waals surface area contributed by atoms with Gasteiger partial charge in [0.25, 0.3) is 0 Å². The van der Waals surface area contributed by atoms with Crippen LogP contribution in [-0.2, 0) is 11.3 Å². The summed E-state index contributed by atoms with van der Waals surface area (Å²) in [6.45, 7) is -0.320. The highest BCUT2D eigenvalue weighted by Crippen LogP contribution is 2.29. The number of hydrogen-bond donors (Lipinski definition) is 1. The summed E-state index contributed by atoms with van der Waals surface area (Å²) < 4.78 is 11.9. The Morgan fingerprint density at radius 1 is 1.00 bits per heavy atom. The number of hydrogen-bond acceptors (Lipinski definition) is 5. The lowest BCUT2D eigenvalue weighted by atomic mass is 10.0. The number of carboxylic acids is 2. The van der Waals surface area contributed by atoms with Crippen LogP contribution in [0.3, 0.4) is 0 Å². The molecule has 7 heteroatoms. The lowest BCUT2D eigenvalue weighted by Crippen LogP contribution is -2.40. The average molecular weight is 341 g/mol. The molecule has 0 aliphatic carbocycles. The van der Waals surface area contributed by atoms with Crippen LogP contribution in [0.5, 0.6) is 11.5 Å². The number of fused-ring (bicyclic) bond motifs is 2. The smallest absolute Gasteiger partial charge is 0.370 e. The fourth-order valence-corrected chi connectivity index (χ4v) is 2.96. The maximum absolute atomic E-state index is 11.8. The summed E-state index contributed by atoms with van der Waals surface area (Å²) in [7, 11) is 2.93. The van der Waals surface area contributed by atoms with Crippen molar-refractivity contribution >= 4 is 33.7 Å².